The number of carbonyl (C=O) groups is 2. The van der Waals surface area contributed by atoms with E-state index in [0.29, 0.717) is 0 Å². The van der Waals surface area contributed by atoms with E-state index in [9.17, 15) is 9.59 Å². The average molecular weight is 346 g/mol. The molecule has 4 rings (SSSR count). The lowest BCUT2D eigenvalue weighted by atomic mass is 9.89. The number of carbonyl (C=O) groups excluding carboxylic acids is 2. The molecule has 2 aromatic rings. The van der Waals surface area contributed by atoms with E-state index in [2.05, 4.69) is 6.92 Å². The van der Waals surface area contributed by atoms with Crippen molar-refractivity contribution in [1.82, 2.24) is 5.01 Å². The van der Waals surface area contributed by atoms with Crippen molar-refractivity contribution in [2.24, 2.45) is 11.8 Å². The van der Waals surface area contributed by atoms with Gasteiger partial charge in [-0.3, -0.25) is 9.59 Å². The second-order valence-electron chi connectivity index (χ2n) is 7.00. The lowest BCUT2D eigenvalue weighted by Gasteiger charge is -2.32. The lowest BCUT2D eigenvalue weighted by Crippen LogP contribution is -2.40. The number of anilines is 1. The first kappa shape index (κ1) is 16.6. The number of hydrogen-bond donors (Lipinski definition) is 0. The maximum absolute atomic E-state index is 13.1. The maximum atomic E-state index is 13.1. The Morgan fingerprint density at radius 2 is 1.65 bits per heavy atom. The Balaban J connectivity index is 1.84. The van der Waals surface area contributed by atoms with Crippen LogP contribution in [0.25, 0.3) is 5.57 Å². The molecule has 1 saturated heterocycles. The van der Waals surface area contributed by atoms with Crippen molar-refractivity contribution >= 4 is 23.1 Å². The number of fused-ring (bicyclic) bond motifs is 3. The van der Waals surface area contributed by atoms with Crippen LogP contribution in [0.2, 0.25) is 0 Å². The van der Waals surface area contributed by atoms with Gasteiger partial charge in [0, 0.05) is 17.3 Å². The highest BCUT2D eigenvalue weighted by Gasteiger charge is 2.49. The van der Waals surface area contributed by atoms with E-state index < -0.39 is 5.92 Å². The number of para-hydroxylation sites is 1. The second kappa shape index (κ2) is 6.45. The molecule has 2 aliphatic rings. The van der Waals surface area contributed by atoms with Crippen LogP contribution in [0, 0.1) is 11.8 Å². The fourth-order valence-corrected chi connectivity index (χ4v) is 3.98. The third-order valence-corrected chi connectivity index (χ3v) is 5.25. The molecule has 0 aliphatic carbocycles. The number of rotatable bonds is 4. The van der Waals surface area contributed by atoms with E-state index in [1.807, 2.05) is 67.7 Å². The molecule has 0 saturated carbocycles. The van der Waals surface area contributed by atoms with Crippen LogP contribution in [0.5, 0.6) is 0 Å². The van der Waals surface area contributed by atoms with Gasteiger partial charge in [0.05, 0.1) is 5.69 Å². The van der Waals surface area contributed by atoms with E-state index in [1.165, 1.54) is 5.01 Å². The van der Waals surface area contributed by atoms with Crippen LogP contribution in [0.15, 0.2) is 60.8 Å². The van der Waals surface area contributed by atoms with Crippen LogP contribution in [-0.2, 0) is 9.59 Å². The quantitative estimate of drug-likeness (QED) is 0.777. The Morgan fingerprint density at radius 3 is 2.38 bits per heavy atom. The van der Waals surface area contributed by atoms with Gasteiger partial charge in [-0.15, -0.1) is 0 Å². The molecule has 2 aromatic carbocycles. The minimum absolute atomic E-state index is 0.0336. The topological polar surface area (TPSA) is 40.6 Å². The summed E-state index contributed by atoms with van der Waals surface area (Å²) in [6.45, 7) is 4.08. The van der Waals surface area contributed by atoms with Gasteiger partial charge in [-0.05, 0) is 24.0 Å². The van der Waals surface area contributed by atoms with Gasteiger partial charge in [-0.25, -0.2) is 10.0 Å². The monoisotopic (exact) mass is 346 g/mol. The number of nitrogens with zero attached hydrogens (tertiary/aromatic N) is 2. The molecule has 4 heteroatoms. The molecule has 0 N–H and O–H groups in total. The molecule has 2 aliphatic heterocycles. The molecular weight excluding hydrogens is 324 g/mol. The van der Waals surface area contributed by atoms with Gasteiger partial charge >= 0.3 is 0 Å². The minimum Gasteiger partial charge on any atom is -0.272 e. The molecule has 0 bridgehead atoms. The molecule has 2 unspecified atom stereocenters. The highest BCUT2D eigenvalue weighted by Crippen LogP contribution is 2.42. The van der Waals surface area contributed by atoms with Crippen molar-refractivity contribution in [3.8, 4) is 0 Å². The number of hydrazine groups is 1. The Labute approximate surface area is 153 Å². The van der Waals surface area contributed by atoms with Crippen LogP contribution in [0.4, 0.5) is 5.69 Å². The largest absolute Gasteiger partial charge is 0.272 e. The summed E-state index contributed by atoms with van der Waals surface area (Å²) >= 11 is 0. The van der Waals surface area contributed by atoms with Crippen molar-refractivity contribution in [3.05, 3.63) is 71.9 Å². The molecule has 26 heavy (non-hydrogen) atoms. The van der Waals surface area contributed by atoms with Crippen LogP contribution in [0.3, 0.4) is 0 Å². The molecule has 0 aromatic heterocycles. The minimum atomic E-state index is -0.602. The molecule has 0 radical (unpaired) electrons. The molecular formula is C22H22N2O2. The Morgan fingerprint density at radius 1 is 0.962 bits per heavy atom. The van der Waals surface area contributed by atoms with Crippen LogP contribution in [0.1, 0.15) is 37.8 Å². The van der Waals surface area contributed by atoms with Gasteiger partial charge in [0.1, 0.15) is 5.92 Å². The summed E-state index contributed by atoms with van der Waals surface area (Å²) in [4.78, 5) is 26.2. The van der Waals surface area contributed by atoms with E-state index in [-0.39, 0.29) is 17.7 Å². The van der Waals surface area contributed by atoms with Gasteiger partial charge in [0.2, 0.25) is 0 Å². The summed E-state index contributed by atoms with van der Waals surface area (Å²) in [5.74, 6) is -0.814. The third-order valence-electron chi connectivity index (χ3n) is 5.25. The first-order valence-electron chi connectivity index (χ1n) is 9.17. The zero-order valence-electron chi connectivity index (χ0n) is 15.1. The van der Waals surface area contributed by atoms with Gasteiger partial charge in [-0.1, -0.05) is 68.8 Å². The molecule has 1 fully saturated rings. The zero-order chi connectivity index (χ0) is 18.3. The third kappa shape index (κ3) is 2.45. The first-order valence-corrected chi connectivity index (χ1v) is 9.17. The van der Waals surface area contributed by atoms with E-state index in [1.54, 1.807) is 5.01 Å². The van der Waals surface area contributed by atoms with E-state index in [0.717, 1.165) is 35.2 Å². The first-order chi connectivity index (χ1) is 12.6. The summed E-state index contributed by atoms with van der Waals surface area (Å²) in [6, 6.07) is 17.8. The molecule has 132 valence electrons. The summed E-state index contributed by atoms with van der Waals surface area (Å²) in [5.41, 5.74) is 3.74. The fourth-order valence-electron chi connectivity index (χ4n) is 3.98. The second-order valence-corrected chi connectivity index (χ2v) is 7.00. The summed E-state index contributed by atoms with van der Waals surface area (Å²) in [7, 11) is 0. The fraction of sp³-hybridized carbons (Fsp3) is 0.273. The number of amides is 2. The summed E-state index contributed by atoms with van der Waals surface area (Å²) < 4.78 is 0. The van der Waals surface area contributed by atoms with Gasteiger partial charge in [-0.2, -0.15) is 0 Å². The highest BCUT2D eigenvalue weighted by atomic mass is 16.2. The van der Waals surface area contributed by atoms with Crippen molar-refractivity contribution in [3.63, 3.8) is 0 Å². The lowest BCUT2D eigenvalue weighted by molar-refractivity contribution is -0.132. The summed E-state index contributed by atoms with van der Waals surface area (Å²) in [5, 5.41) is 3.07. The Hall–Kier alpha value is -2.88. The standard InChI is InChI=1S/C22H22N2O2/c1-3-9-15(2)20-21(25)23-14-18(16-10-5-4-6-11-16)17-12-7-8-13-19(17)24(23)22(20)26/h4-8,10-15,20H,3,9H2,1-2H3. The van der Waals surface area contributed by atoms with Gasteiger partial charge in [0.15, 0.2) is 0 Å². The Kier molecular flexibility index (Phi) is 4.11. The highest BCUT2D eigenvalue weighted by molar-refractivity contribution is 6.17. The number of benzene rings is 2. The Bertz CT molecular complexity index is 888. The molecule has 2 amide bonds. The van der Waals surface area contributed by atoms with E-state index in [4.69, 9.17) is 0 Å². The van der Waals surface area contributed by atoms with Crippen molar-refractivity contribution in [2.75, 3.05) is 5.01 Å². The van der Waals surface area contributed by atoms with Crippen molar-refractivity contribution in [1.29, 1.82) is 0 Å². The average Bonchev–Trinajstić information content (AvgIpc) is 2.92. The molecule has 4 nitrogen and oxygen atoms in total. The van der Waals surface area contributed by atoms with E-state index >= 15 is 0 Å². The predicted molar refractivity (Wildman–Crippen MR) is 102 cm³/mol. The molecule has 2 atom stereocenters. The summed E-state index contributed by atoms with van der Waals surface area (Å²) in [6.07, 6.45) is 3.64. The van der Waals surface area contributed by atoms with Crippen LogP contribution < -0.4 is 5.01 Å². The molecule has 2 heterocycles. The molecule has 0 spiro atoms. The SMILES string of the molecule is CCCC(C)C1C(=O)N2C=C(c3ccccc3)c3ccccc3N2C1=O. The predicted octanol–water partition coefficient (Wildman–Crippen LogP) is 4.23. The normalized spacial score (nSPS) is 19.9. The zero-order valence-corrected chi connectivity index (χ0v) is 15.1. The van der Waals surface area contributed by atoms with Crippen LogP contribution >= 0.6 is 0 Å². The van der Waals surface area contributed by atoms with Crippen molar-refractivity contribution < 1.29 is 9.59 Å². The van der Waals surface area contributed by atoms with Crippen molar-refractivity contribution in [2.45, 2.75) is 26.7 Å². The number of hydrogen-bond acceptors (Lipinski definition) is 2. The smallest absolute Gasteiger partial charge is 0.259 e. The van der Waals surface area contributed by atoms with Gasteiger partial charge in [0.25, 0.3) is 11.8 Å². The maximum Gasteiger partial charge on any atom is 0.259 e. The van der Waals surface area contributed by atoms with Crippen LogP contribution in [-0.4, -0.2) is 16.8 Å². The van der Waals surface area contributed by atoms with Gasteiger partial charge < -0.3 is 0 Å².